The number of rotatable bonds is 18. The number of aromatic nitrogens is 2. The van der Waals surface area contributed by atoms with Crippen molar-refractivity contribution in [2.75, 3.05) is 13.2 Å². The van der Waals surface area contributed by atoms with Gasteiger partial charge in [0, 0.05) is 0 Å². The first-order valence-corrected chi connectivity index (χ1v) is 13.6. The van der Waals surface area contributed by atoms with Crippen LogP contribution in [0.3, 0.4) is 0 Å². The van der Waals surface area contributed by atoms with Gasteiger partial charge >= 0.3 is 0 Å². The van der Waals surface area contributed by atoms with E-state index >= 15 is 0 Å². The van der Waals surface area contributed by atoms with Crippen molar-refractivity contribution in [3.05, 3.63) is 18.7 Å². The first-order valence-electron chi connectivity index (χ1n) is 12.1. The number of phosphoric acid groups is 1. The third-order valence-electron chi connectivity index (χ3n) is 4.88. The standard InChI is InChI=1S/C15H29N2.C8H19O4P/c1-3-5-6-7-8-9-10-11-12-17-14-13-16(4-2)15-17;1-3-5-7-11-13(9,10)12-8-6-4-2/h13-15H,3-12H2,1-2H3;3-8H2,1-2H3,(H,9,10)/q+1;/p-1. The minimum atomic E-state index is -4.00. The number of nitrogens with zero attached hydrogens (tertiary/aromatic N) is 2. The van der Waals surface area contributed by atoms with E-state index in [0.717, 1.165) is 32.2 Å². The Hall–Kier alpha value is -0.680. The molecule has 0 saturated carbocycles. The summed E-state index contributed by atoms with van der Waals surface area (Å²) >= 11 is 0. The van der Waals surface area contributed by atoms with Crippen LogP contribution in [0.5, 0.6) is 0 Å². The molecule has 0 spiro atoms. The second kappa shape index (κ2) is 20.2. The van der Waals surface area contributed by atoms with Crippen LogP contribution in [0.4, 0.5) is 0 Å². The van der Waals surface area contributed by atoms with E-state index in [9.17, 15) is 9.46 Å². The highest BCUT2D eigenvalue weighted by atomic mass is 31.2. The van der Waals surface area contributed by atoms with Crippen molar-refractivity contribution in [1.29, 1.82) is 0 Å². The van der Waals surface area contributed by atoms with Crippen LogP contribution >= 0.6 is 7.82 Å². The van der Waals surface area contributed by atoms with Gasteiger partial charge in [0.25, 0.3) is 7.82 Å². The Bertz CT molecular complexity index is 523. The summed E-state index contributed by atoms with van der Waals surface area (Å²) in [5.74, 6) is 0. The van der Waals surface area contributed by atoms with E-state index in [-0.39, 0.29) is 13.2 Å². The lowest BCUT2D eigenvalue weighted by atomic mass is 10.1. The molecule has 0 aliphatic heterocycles. The molecule has 0 amide bonds. The molecular formula is C23H47N2O4P. The van der Waals surface area contributed by atoms with Crippen LogP contribution in [0.2, 0.25) is 0 Å². The molecule has 1 heterocycles. The molecule has 0 atom stereocenters. The molecule has 0 aromatic carbocycles. The average molecular weight is 447 g/mol. The third kappa shape index (κ3) is 18.1. The predicted octanol–water partition coefficient (Wildman–Crippen LogP) is 6.02. The van der Waals surface area contributed by atoms with E-state index in [4.69, 9.17) is 0 Å². The normalized spacial score (nSPS) is 11.4. The Balaban J connectivity index is 0.000000584. The summed E-state index contributed by atoms with van der Waals surface area (Å²) in [6.07, 6.45) is 21.1. The van der Waals surface area contributed by atoms with Gasteiger partial charge in [-0.2, -0.15) is 0 Å². The number of aryl methyl sites for hydroxylation is 2. The van der Waals surface area contributed by atoms with Gasteiger partial charge in [-0.15, -0.1) is 0 Å². The highest BCUT2D eigenvalue weighted by molar-refractivity contribution is 7.45. The Morgan fingerprint density at radius 1 is 0.800 bits per heavy atom. The summed E-state index contributed by atoms with van der Waals surface area (Å²) in [5, 5.41) is 0. The van der Waals surface area contributed by atoms with E-state index in [1.165, 1.54) is 57.9 Å². The summed E-state index contributed by atoms with van der Waals surface area (Å²) in [4.78, 5) is 11.0. The number of unbranched alkanes of at least 4 members (excludes halogenated alkanes) is 9. The van der Waals surface area contributed by atoms with Crippen molar-refractivity contribution >= 4 is 7.82 Å². The zero-order valence-electron chi connectivity index (χ0n) is 20.0. The van der Waals surface area contributed by atoms with Crippen LogP contribution in [-0.4, -0.2) is 17.8 Å². The number of hydrogen-bond donors (Lipinski definition) is 0. The number of imidazole rings is 1. The molecule has 6 nitrogen and oxygen atoms in total. The molecule has 0 aliphatic rings. The minimum absolute atomic E-state index is 0.226. The average Bonchev–Trinajstić information content (AvgIpc) is 3.19. The maximum absolute atomic E-state index is 11.0. The molecule has 0 unspecified atom stereocenters. The molecule has 0 fully saturated rings. The summed E-state index contributed by atoms with van der Waals surface area (Å²) in [5.41, 5.74) is 0. The predicted molar refractivity (Wildman–Crippen MR) is 122 cm³/mol. The Morgan fingerprint density at radius 3 is 1.77 bits per heavy atom. The van der Waals surface area contributed by atoms with E-state index in [0.29, 0.717) is 0 Å². The van der Waals surface area contributed by atoms with Crippen molar-refractivity contribution in [2.24, 2.45) is 0 Å². The molecule has 0 aliphatic carbocycles. The Kier molecular flexibility index (Phi) is 19.8. The highest BCUT2D eigenvalue weighted by Gasteiger charge is 2.07. The lowest BCUT2D eigenvalue weighted by Gasteiger charge is -2.22. The van der Waals surface area contributed by atoms with Crippen LogP contribution in [0.15, 0.2) is 18.7 Å². The molecule has 30 heavy (non-hydrogen) atoms. The molecule has 0 saturated heterocycles. The lowest BCUT2D eigenvalue weighted by Crippen LogP contribution is -2.30. The van der Waals surface area contributed by atoms with Gasteiger partial charge in [0.1, 0.15) is 12.4 Å². The van der Waals surface area contributed by atoms with Gasteiger partial charge < -0.3 is 13.9 Å². The molecule has 1 aromatic rings. The van der Waals surface area contributed by atoms with Crippen LogP contribution in [0.25, 0.3) is 0 Å². The molecule has 0 radical (unpaired) electrons. The van der Waals surface area contributed by atoms with E-state index in [1.807, 2.05) is 13.8 Å². The molecular weight excluding hydrogens is 399 g/mol. The first kappa shape index (κ1) is 29.3. The molecule has 1 rings (SSSR count). The van der Waals surface area contributed by atoms with E-state index in [2.05, 4.69) is 50.8 Å². The van der Waals surface area contributed by atoms with Crippen LogP contribution in [-0.2, 0) is 26.7 Å². The number of hydrogen-bond acceptors (Lipinski definition) is 4. The van der Waals surface area contributed by atoms with Crippen molar-refractivity contribution in [1.82, 2.24) is 4.57 Å². The van der Waals surface area contributed by atoms with Gasteiger partial charge in [0.05, 0.1) is 26.3 Å². The zero-order valence-corrected chi connectivity index (χ0v) is 20.9. The van der Waals surface area contributed by atoms with Gasteiger partial charge in [0.2, 0.25) is 6.33 Å². The van der Waals surface area contributed by atoms with Crippen molar-refractivity contribution in [3.63, 3.8) is 0 Å². The fraction of sp³-hybridized carbons (Fsp3) is 0.870. The second-order valence-corrected chi connectivity index (χ2v) is 9.19. The second-order valence-electron chi connectivity index (χ2n) is 7.78. The summed E-state index contributed by atoms with van der Waals surface area (Å²) < 4.78 is 24.7. The fourth-order valence-corrected chi connectivity index (χ4v) is 3.64. The molecule has 0 bridgehead atoms. The quantitative estimate of drug-likeness (QED) is 0.157. The minimum Gasteiger partial charge on any atom is -0.756 e. The monoisotopic (exact) mass is 446 g/mol. The molecule has 0 N–H and O–H groups in total. The smallest absolute Gasteiger partial charge is 0.267 e. The van der Waals surface area contributed by atoms with Crippen LogP contribution in [0.1, 0.15) is 105 Å². The molecule has 178 valence electrons. The Labute approximate surface area is 185 Å². The summed E-state index contributed by atoms with van der Waals surface area (Å²) in [7, 11) is -4.00. The molecule has 1 aromatic heterocycles. The maximum atomic E-state index is 11.0. The maximum Gasteiger partial charge on any atom is 0.267 e. The fourth-order valence-electron chi connectivity index (χ4n) is 2.86. The Morgan fingerprint density at radius 2 is 1.30 bits per heavy atom. The largest absolute Gasteiger partial charge is 0.756 e. The summed E-state index contributed by atoms with van der Waals surface area (Å²) in [6.45, 7) is 11.1. The summed E-state index contributed by atoms with van der Waals surface area (Å²) in [6, 6.07) is 0. The van der Waals surface area contributed by atoms with Gasteiger partial charge in [0.15, 0.2) is 0 Å². The first-order chi connectivity index (χ1) is 14.5. The van der Waals surface area contributed by atoms with E-state index < -0.39 is 7.82 Å². The van der Waals surface area contributed by atoms with Gasteiger partial charge in [-0.1, -0.05) is 72.1 Å². The molecule has 7 heteroatoms. The van der Waals surface area contributed by atoms with E-state index in [1.54, 1.807) is 0 Å². The number of phosphoric ester groups is 1. The highest BCUT2D eigenvalue weighted by Crippen LogP contribution is 2.38. The van der Waals surface area contributed by atoms with Gasteiger partial charge in [-0.25, -0.2) is 9.13 Å². The third-order valence-corrected chi connectivity index (χ3v) is 5.87. The lowest BCUT2D eigenvalue weighted by molar-refractivity contribution is -0.696. The van der Waals surface area contributed by atoms with Crippen molar-refractivity contribution in [2.45, 2.75) is 118 Å². The van der Waals surface area contributed by atoms with Crippen molar-refractivity contribution < 1.29 is 23.1 Å². The van der Waals surface area contributed by atoms with Crippen LogP contribution < -0.4 is 9.46 Å². The van der Waals surface area contributed by atoms with Crippen molar-refractivity contribution in [3.8, 4) is 0 Å². The van der Waals surface area contributed by atoms with Gasteiger partial charge in [-0.05, 0) is 32.6 Å². The topological polar surface area (TPSA) is 67.4 Å². The zero-order chi connectivity index (χ0) is 22.5. The van der Waals surface area contributed by atoms with Crippen LogP contribution in [0, 0.1) is 0 Å². The van der Waals surface area contributed by atoms with Gasteiger partial charge in [-0.3, -0.25) is 4.57 Å². The SMILES string of the molecule is CCCCCCCCCC[n+]1ccn(CC)c1.CCCCOP(=O)([O-])OCCCC.